The van der Waals surface area contributed by atoms with Crippen LogP contribution in [0.1, 0.15) is 63.8 Å². The van der Waals surface area contributed by atoms with Gasteiger partial charge in [-0.25, -0.2) is 4.98 Å². The molecule has 0 aromatic carbocycles. The summed E-state index contributed by atoms with van der Waals surface area (Å²) in [4.78, 5) is 9.09. The topological polar surface area (TPSA) is 47.8 Å². The summed E-state index contributed by atoms with van der Waals surface area (Å²) >= 11 is 0. The monoisotopic (exact) mass is 349 g/mol. The summed E-state index contributed by atoms with van der Waals surface area (Å²) in [6.07, 6.45) is 11.4. The average molecular weight is 350 g/mol. The van der Waals surface area contributed by atoms with Crippen molar-refractivity contribution in [1.82, 2.24) is 14.5 Å². The van der Waals surface area contributed by atoms with Crippen molar-refractivity contribution in [2.45, 2.75) is 72.3 Å². The van der Waals surface area contributed by atoms with Crippen LogP contribution in [-0.4, -0.2) is 30.2 Å². The van der Waals surface area contributed by atoms with Crippen molar-refractivity contribution in [3.63, 3.8) is 0 Å². The van der Waals surface area contributed by atoms with E-state index in [-0.39, 0.29) is 0 Å². The second-order valence-electron chi connectivity index (χ2n) is 6.52. The SMILES string of the molecule is CCCCc1nc2cncc(C)c2n1CCCCS(=O)CCCC. The molecule has 24 heavy (non-hydrogen) atoms. The van der Waals surface area contributed by atoms with Gasteiger partial charge < -0.3 is 4.57 Å². The summed E-state index contributed by atoms with van der Waals surface area (Å²) in [7, 11) is -0.645. The van der Waals surface area contributed by atoms with Gasteiger partial charge in [0.2, 0.25) is 0 Å². The van der Waals surface area contributed by atoms with E-state index in [1.165, 1.54) is 23.3 Å². The number of nitrogens with zero attached hydrogens (tertiary/aromatic N) is 3. The van der Waals surface area contributed by atoms with Crippen LogP contribution in [0, 0.1) is 6.92 Å². The van der Waals surface area contributed by atoms with Crippen LogP contribution in [-0.2, 0) is 23.8 Å². The minimum Gasteiger partial charge on any atom is -0.328 e. The van der Waals surface area contributed by atoms with Gasteiger partial charge in [-0.3, -0.25) is 9.19 Å². The normalized spacial score (nSPS) is 12.8. The van der Waals surface area contributed by atoms with Crippen molar-refractivity contribution in [3.8, 4) is 0 Å². The van der Waals surface area contributed by atoms with E-state index in [1.807, 2.05) is 12.4 Å². The molecule has 0 spiro atoms. The highest BCUT2D eigenvalue weighted by Crippen LogP contribution is 2.21. The van der Waals surface area contributed by atoms with Crippen LogP contribution in [0.15, 0.2) is 12.4 Å². The molecule has 0 aliphatic heterocycles. The van der Waals surface area contributed by atoms with Crippen LogP contribution in [0.4, 0.5) is 0 Å². The Morgan fingerprint density at radius 1 is 1.04 bits per heavy atom. The summed E-state index contributed by atoms with van der Waals surface area (Å²) < 4.78 is 14.3. The van der Waals surface area contributed by atoms with Gasteiger partial charge in [0.05, 0.1) is 11.7 Å². The van der Waals surface area contributed by atoms with Gasteiger partial charge in [0.1, 0.15) is 11.3 Å². The van der Waals surface area contributed by atoms with Crippen LogP contribution in [0.5, 0.6) is 0 Å². The summed E-state index contributed by atoms with van der Waals surface area (Å²) in [6, 6.07) is 0. The zero-order valence-corrected chi connectivity index (χ0v) is 16.2. The molecule has 0 aliphatic rings. The minimum atomic E-state index is -0.645. The molecule has 1 unspecified atom stereocenters. The first-order valence-corrected chi connectivity index (χ1v) is 10.8. The highest BCUT2D eigenvalue weighted by Gasteiger charge is 2.12. The van der Waals surface area contributed by atoms with Crippen molar-refractivity contribution in [3.05, 3.63) is 23.8 Å². The number of hydrogen-bond donors (Lipinski definition) is 0. The number of imidazole rings is 1. The maximum atomic E-state index is 11.9. The van der Waals surface area contributed by atoms with Gasteiger partial charge in [-0.2, -0.15) is 0 Å². The third kappa shape index (κ3) is 5.13. The van der Waals surface area contributed by atoms with Gasteiger partial charge in [0, 0.05) is 41.5 Å². The minimum absolute atomic E-state index is 0.645. The third-order valence-corrected chi connectivity index (χ3v) is 5.88. The molecule has 134 valence electrons. The fourth-order valence-electron chi connectivity index (χ4n) is 3.01. The highest BCUT2D eigenvalue weighted by molar-refractivity contribution is 7.84. The number of fused-ring (bicyclic) bond motifs is 1. The Bertz CT molecular complexity index is 666. The Morgan fingerprint density at radius 3 is 2.54 bits per heavy atom. The fourth-order valence-corrected chi connectivity index (χ4v) is 4.35. The van der Waals surface area contributed by atoms with Gasteiger partial charge in [-0.05, 0) is 38.2 Å². The van der Waals surface area contributed by atoms with Crippen molar-refractivity contribution in [2.75, 3.05) is 11.5 Å². The molecule has 1 atom stereocenters. The lowest BCUT2D eigenvalue weighted by molar-refractivity contribution is 0.601. The largest absolute Gasteiger partial charge is 0.328 e. The molecule has 0 fully saturated rings. The molecule has 0 N–H and O–H groups in total. The van der Waals surface area contributed by atoms with Gasteiger partial charge in [0.15, 0.2) is 0 Å². The Morgan fingerprint density at radius 2 is 1.79 bits per heavy atom. The molecule has 5 heteroatoms. The molecule has 0 saturated heterocycles. The maximum Gasteiger partial charge on any atom is 0.109 e. The fraction of sp³-hybridized carbons (Fsp3) is 0.684. The van der Waals surface area contributed by atoms with Crippen LogP contribution >= 0.6 is 0 Å². The summed E-state index contributed by atoms with van der Waals surface area (Å²) in [5, 5.41) is 0. The molecule has 4 nitrogen and oxygen atoms in total. The molecule has 2 aromatic heterocycles. The number of unbranched alkanes of at least 4 members (excludes halogenated alkanes) is 3. The van der Waals surface area contributed by atoms with E-state index in [2.05, 4.69) is 30.3 Å². The summed E-state index contributed by atoms with van der Waals surface area (Å²) in [5.74, 6) is 2.86. The molecule has 2 heterocycles. The molecular formula is C19H31N3OS. The third-order valence-electron chi connectivity index (χ3n) is 4.40. The molecule has 0 saturated carbocycles. The van der Waals surface area contributed by atoms with Crippen molar-refractivity contribution >= 4 is 21.8 Å². The van der Waals surface area contributed by atoms with E-state index in [4.69, 9.17) is 4.98 Å². The zero-order valence-electron chi connectivity index (χ0n) is 15.4. The maximum absolute atomic E-state index is 11.9. The van der Waals surface area contributed by atoms with Gasteiger partial charge >= 0.3 is 0 Å². The van der Waals surface area contributed by atoms with Crippen LogP contribution in [0.3, 0.4) is 0 Å². The first kappa shape index (κ1) is 19.1. The smallest absolute Gasteiger partial charge is 0.109 e. The number of hydrogen-bond acceptors (Lipinski definition) is 3. The van der Waals surface area contributed by atoms with E-state index in [9.17, 15) is 4.21 Å². The number of aromatic nitrogens is 3. The van der Waals surface area contributed by atoms with Crippen molar-refractivity contribution in [2.24, 2.45) is 0 Å². The van der Waals surface area contributed by atoms with E-state index in [0.717, 1.165) is 62.1 Å². The van der Waals surface area contributed by atoms with E-state index >= 15 is 0 Å². The second kappa shape index (κ2) is 9.92. The molecule has 0 amide bonds. The summed E-state index contributed by atoms with van der Waals surface area (Å²) in [5.41, 5.74) is 3.42. The molecule has 0 aliphatic carbocycles. The van der Waals surface area contributed by atoms with E-state index in [1.54, 1.807) is 0 Å². The molecule has 0 radical (unpaired) electrons. The lowest BCUT2D eigenvalue weighted by Crippen LogP contribution is -2.08. The molecule has 0 bridgehead atoms. The first-order valence-electron chi connectivity index (χ1n) is 9.32. The Labute approximate surface area is 148 Å². The van der Waals surface area contributed by atoms with Crippen molar-refractivity contribution in [1.29, 1.82) is 0 Å². The quantitative estimate of drug-likeness (QED) is 0.565. The average Bonchev–Trinajstić information content (AvgIpc) is 2.94. The van der Waals surface area contributed by atoms with Gasteiger partial charge in [-0.15, -0.1) is 0 Å². The van der Waals surface area contributed by atoms with E-state index in [0.29, 0.717) is 0 Å². The van der Waals surface area contributed by atoms with E-state index < -0.39 is 10.8 Å². The van der Waals surface area contributed by atoms with Gasteiger partial charge in [-0.1, -0.05) is 26.7 Å². The Hall–Kier alpha value is -1.23. The van der Waals surface area contributed by atoms with Crippen LogP contribution < -0.4 is 0 Å². The Kier molecular flexibility index (Phi) is 7.89. The molecule has 2 aromatic rings. The number of rotatable bonds is 11. The van der Waals surface area contributed by atoms with Crippen molar-refractivity contribution < 1.29 is 4.21 Å². The highest BCUT2D eigenvalue weighted by atomic mass is 32.2. The Balaban J connectivity index is 2.02. The standard InChI is InChI=1S/C19H31N3OS/c1-4-6-10-18-21-17-15-20-14-16(3)19(17)22(18)11-8-9-13-24(23)12-7-5-2/h14-15H,4-13H2,1-3H3. The summed E-state index contributed by atoms with van der Waals surface area (Å²) in [6.45, 7) is 7.43. The number of pyridine rings is 1. The number of aryl methyl sites for hydroxylation is 3. The molecular weight excluding hydrogens is 318 g/mol. The predicted molar refractivity (Wildman–Crippen MR) is 103 cm³/mol. The zero-order chi connectivity index (χ0) is 17.4. The van der Waals surface area contributed by atoms with Crippen LogP contribution in [0.25, 0.3) is 11.0 Å². The molecule has 2 rings (SSSR count). The van der Waals surface area contributed by atoms with Crippen LogP contribution in [0.2, 0.25) is 0 Å². The predicted octanol–water partition coefficient (Wildman–Crippen LogP) is 4.41. The first-order chi connectivity index (χ1) is 11.7. The lowest BCUT2D eigenvalue weighted by atomic mass is 10.2. The van der Waals surface area contributed by atoms with Gasteiger partial charge in [0.25, 0.3) is 0 Å². The lowest BCUT2D eigenvalue weighted by Gasteiger charge is -2.10. The second-order valence-corrected chi connectivity index (χ2v) is 8.21.